The molecule has 1 saturated heterocycles. The maximum absolute atomic E-state index is 13.5. The summed E-state index contributed by atoms with van der Waals surface area (Å²) in [5, 5.41) is 3.50. The van der Waals surface area contributed by atoms with Crippen molar-refractivity contribution in [1.29, 1.82) is 0 Å². The first-order valence-electron chi connectivity index (χ1n) is 10.7. The van der Waals surface area contributed by atoms with Gasteiger partial charge in [-0.3, -0.25) is 4.99 Å². The fourth-order valence-electron chi connectivity index (χ4n) is 4.59. The molecule has 0 aromatic heterocycles. The summed E-state index contributed by atoms with van der Waals surface area (Å²) in [6, 6.07) is 13.6. The van der Waals surface area contributed by atoms with Crippen molar-refractivity contribution in [2.24, 2.45) is 10.9 Å². The van der Waals surface area contributed by atoms with Crippen molar-refractivity contribution in [3.63, 3.8) is 0 Å². The van der Waals surface area contributed by atoms with E-state index in [-0.39, 0.29) is 17.6 Å². The maximum Gasteiger partial charge on any atom is 0.193 e. The summed E-state index contributed by atoms with van der Waals surface area (Å²) in [4.78, 5) is 7.13. The van der Waals surface area contributed by atoms with Gasteiger partial charge in [0, 0.05) is 32.1 Å². The number of halogens is 2. The number of rotatable bonds is 3. The van der Waals surface area contributed by atoms with E-state index in [4.69, 9.17) is 4.99 Å². The lowest BCUT2D eigenvalue weighted by Crippen LogP contribution is -2.47. The van der Waals surface area contributed by atoms with Gasteiger partial charge < -0.3 is 10.2 Å². The predicted molar refractivity (Wildman–Crippen MR) is 113 cm³/mol. The first-order chi connectivity index (χ1) is 14.2. The Kier molecular flexibility index (Phi) is 6.43. The van der Waals surface area contributed by atoms with Gasteiger partial charge in [-0.25, -0.2) is 8.78 Å². The lowest BCUT2D eigenvalue weighted by atomic mass is 9.76. The van der Waals surface area contributed by atoms with E-state index in [1.54, 1.807) is 0 Å². The standard InChI is InChI=1S/C24H29F2N3/c25-21-8-4-18(5-9-21)23(19-6-10-22(26)11-7-19)20-12-16-29(17-13-20)24-27-14-2-1-3-15-28-24/h4-11,20,23H,1-3,12-17H2,(H,27,28). The van der Waals surface area contributed by atoms with E-state index in [1.165, 1.54) is 43.5 Å². The molecule has 2 aliphatic heterocycles. The average Bonchev–Trinajstić information content (AvgIpc) is 2.72. The van der Waals surface area contributed by atoms with E-state index in [2.05, 4.69) is 10.2 Å². The lowest BCUT2D eigenvalue weighted by molar-refractivity contribution is 0.243. The molecule has 154 valence electrons. The molecule has 0 radical (unpaired) electrons. The monoisotopic (exact) mass is 397 g/mol. The van der Waals surface area contributed by atoms with Gasteiger partial charge in [-0.1, -0.05) is 24.3 Å². The fraction of sp³-hybridized carbons (Fsp3) is 0.458. The summed E-state index contributed by atoms with van der Waals surface area (Å²) < 4.78 is 27.0. The molecule has 2 aromatic rings. The van der Waals surface area contributed by atoms with E-state index in [9.17, 15) is 8.78 Å². The Morgan fingerprint density at radius 1 is 0.828 bits per heavy atom. The number of guanidine groups is 1. The topological polar surface area (TPSA) is 27.6 Å². The Labute approximate surface area is 171 Å². The summed E-state index contributed by atoms with van der Waals surface area (Å²) in [6.45, 7) is 3.80. The summed E-state index contributed by atoms with van der Waals surface area (Å²) in [7, 11) is 0. The third-order valence-corrected chi connectivity index (χ3v) is 6.15. The molecule has 1 fully saturated rings. The molecule has 0 bridgehead atoms. The van der Waals surface area contributed by atoms with Gasteiger partial charge in [0.2, 0.25) is 0 Å². The van der Waals surface area contributed by atoms with Crippen LogP contribution in [0.25, 0.3) is 0 Å². The molecule has 0 spiro atoms. The molecule has 0 amide bonds. The molecule has 4 rings (SSSR count). The number of aliphatic imine (C=N–C) groups is 1. The predicted octanol–water partition coefficient (Wildman–Crippen LogP) is 4.94. The number of hydrogen-bond acceptors (Lipinski definition) is 3. The van der Waals surface area contributed by atoms with Gasteiger partial charge >= 0.3 is 0 Å². The average molecular weight is 398 g/mol. The van der Waals surface area contributed by atoms with Crippen LogP contribution in [0.5, 0.6) is 0 Å². The third kappa shape index (κ3) is 4.95. The molecule has 29 heavy (non-hydrogen) atoms. The molecule has 0 saturated carbocycles. The number of likely N-dealkylation sites (tertiary alicyclic amines) is 1. The van der Waals surface area contributed by atoms with Crippen LogP contribution in [0.15, 0.2) is 53.5 Å². The normalized spacial score (nSPS) is 18.7. The van der Waals surface area contributed by atoms with E-state index in [1.807, 2.05) is 24.3 Å². The number of hydrogen-bond donors (Lipinski definition) is 1. The van der Waals surface area contributed by atoms with Crippen LogP contribution in [0.2, 0.25) is 0 Å². The van der Waals surface area contributed by atoms with Crippen LogP contribution < -0.4 is 5.32 Å². The van der Waals surface area contributed by atoms with Gasteiger partial charge in [0.05, 0.1) is 0 Å². The van der Waals surface area contributed by atoms with Crippen molar-refractivity contribution in [2.45, 2.75) is 38.0 Å². The molecule has 2 heterocycles. The smallest absolute Gasteiger partial charge is 0.193 e. The molecular weight excluding hydrogens is 368 g/mol. The Hall–Kier alpha value is -2.43. The summed E-state index contributed by atoms with van der Waals surface area (Å²) in [5.41, 5.74) is 2.19. The highest BCUT2D eigenvalue weighted by atomic mass is 19.1. The zero-order chi connectivity index (χ0) is 20.1. The highest BCUT2D eigenvalue weighted by Gasteiger charge is 2.30. The second-order valence-electron chi connectivity index (χ2n) is 8.10. The SMILES string of the molecule is Fc1ccc(C(c2ccc(F)cc2)C2CCN(C3=NCCCCCN3)CC2)cc1. The molecule has 0 unspecified atom stereocenters. The van der Waals surface area contributed by atoms with Crippen molar-refractivity contribution in [3.05, 3.63) is 71.3 Å². The molecule has 0 aliphatic carbocycles. The third-order valence-electron chi connectivity index (χ3n) is 6.15. The van der Waals surface area contributed by atoms with Gasteiger partial charge in [0.25, 0.3) is 0 Å². The summed E-state index contributed by atoms with van der Waals surface area (Å²) >= 11 is 0. The van der Waals surface area contributed by atoms with Crippen LogP contribution in [-0.4, -0.2) is 37.0 Å². The second-order valence-corrected chi connectivity index (χ2v) is 8.10. The van der Waals surface area contributed by atoms with Crippen LogP contribution in [0.4, 0.5) is 8.78 Å². The number of benzene rings is 2. The first kappa shape index (κ1) is 19.9. The van der Waals surface area contributed by atoms with Gasteiger partial charge in [-0.15, -0.1) is 0 Å². The number of nitrogens with zero attached hydrogens (tertiary/aromatic N) is 2. The highest BCUT2D eigenvalue weighted by Crippen LogP contribution is 2.38. The zero-order valence-electron chi connectivity index (χ0n) is 16.8. The van der Waals surface area contributed by atoms with Crippen molar-refractivity contribution in [2.75, 3.05) is 26.2 Å². The van der Waals surface area contributed by atoms with Crippen LogP contribution in [0.3, 0.4) is 0 Å². The van der Waals surface area contributed by atoms with Crippen molar-refractivity contribution >= 4 is 5.96 Å². The minimum atomic E-state index is -0.227. The molecule has 0 atom stereocenters. The Morgan fingerprint density at radius 3 is 2.00 bits per heavy atom. The fourth-order valence-corrected chi connectivity index (χ4v) is 4.59. The largest absolute Gasteiger partial charge is 0.356 e. The number of piperidine rings is 1. The Morgan fingerprint density at radius 2 is 1.41 bits per heavy atom. The van der Waals surface area contributed by atoms with E-state index >= 15 is 0 Å². The van der Waals surface area contributed by atoms with Crippen molar-refractivity contribution < 1.29 is 8.78 Å². The summed E-state index contributed by atoms with van der Waals surface area (Å²) in [5.74, 6) is 1.16. The van der Waals surface area contributed by atoms with Crippen LogP contribution >= 0.6 is 0 Å². The van der Waals surface area contributed by atoms with Gasteiger partial charge in [-0.05, 0) is 73.4 Å². The van der Waals surface area contributed by atoms with Gasteiger partial charge in [0.15, 0.2) is 5.96 Å². The maximum atomic E-state index is 13.5. The minimum absolute atomic E-state index is 0.144. The van der Waals surface area contributed by atoms with E-state index < -0.39 is 0 Å². The second kappa shape index (κ2) is 9.38. The molecule has 5 heteroatoms. The quantitative estimate of drug-likeness (QED) is 0.795. The lowest BCUT2D eigenvalue weighted by Gasteiger charge is -2.38. The minimum Gasteiger partial charge on any atom is -0.356 e. The van der Waals surface area contributed by atoms with E-state index in [0.29, 0.717) is 5.92 Å². The zero-order valence-corrected chi connectivity index (χ0v) is 16.8. The molecular formula is C24H29F2N3. The molecule has 1 N–H and O–H groups in total. The summed E-state index contributed by atoms with van der Waals surface area (Å²) in [6.07, 6.45) is 5.66. The first-order valence-corrected chi connectivity index (χ1v) is 10.7. The Bertz CT molecular complexity index is 764. The van der Waals surface area contributed by atoms with Crippen molar-refractivity contribution in [3.8, 4) is 0 Å². The molecule has 2 aliphatic rings. The van der Waals surface area contributed by atoms with Gasteiger partial charge in [0.1, 0.15) is 11.6 Å². The number of nitrogens with one attached hydrogen (secondary N) is 1. The molecule has 2 aromatic carbocycles. The Balaban J connectivity index is 1.51. The van der Waals surface area contributed by atoms with Crippen LogP contribution in [-0.2, 0) is 0 Å². The molecule has 3 nitrogen and oxygen atoms in total. The van der Waals surface area contributed by atoms with Gasteiger partial charge in [-0.2, -0.15) is 0 Å². The van der Waals surface area contributed by atoms with Crippen LogP contribution in [0.1, 0.15) is 49.1 Å². The van der Waals surface area contributed by atoms with Crippen molar-refractivity contribution in [1.82, 2.24) is 10.2 Å². The van der Waals surface area contributed by atoms with Crippen LogP contribution in [0, 0.1) is 17.6 Å². The van der Waals surface area contributed by atoms with E-state index in [0.717, 1.165) is 56.1 Å². The highest BCUT2D eigenvalue weighted by molar-refractivity contribution is 5.80.